The minimum Gasteiger partial charge on any atom is -0.495 e. The highest BCUT2D eigenvalue weighted by atomic mass is 35.5. The van der Waals surface area contributed by atoms with Crippen LogP contribution in [0.2, 0.25) is 5.02 Å². The molecule has 0 atom stereocenters. The number of benzene rings is 3. The molecule has 31 heavy (non-hydrogen) atoms. The Morgan fingerprint density at radius 1 is 1.03 bits per heavy atom. The second-order valence-electron chi connectivity index (χ2n) is 7.11. The number of hydrogen-bond acceptors (Lipinski definition) is 5. The molecule has 3 aromatic carbocycles. The zero-order valence-corrected chi connectivity index (χ0v) is 18.1. The maximum absolute atomic E-state index is 12.4. The van der Waals surface area contributed by atoms with Crippen LogP contribution in [-0.2, 0) is 4.79 Å². The van der Waals surface area contributed by atoms with Gasteiger partial charge in [0.2, 0.25) is 0 Å². The van der Waals surface area contributed by atoms with E-state index in [2.05, 4.69) is 15.5 Å². The summed E-state index contributed by atoms with van der Waals surface area (Å²) in [6.07, 6.45) is 0. The van der Waals surface area contributed by atoms with Gasteiger partial charge in [-0.05, 0) is 61.9 Å². The van der Waals surface area contributed by atoms with E-state index in [4.69, 9.17) is 21.1 Å². The summed E-state index contributed by atoms with van der Waals surface area (Å²) in [5, 5.41) is 12.4. The number of ether oxygens (including phenoxy) is 2. The number of halogens is 1. The van der Waals surface area contributed by atoms with Crippen LogP contribution in [0.5, 0.6) is 11.5 Å². The van der Waals surface area contributed by atoms with Crippen molar-refractivity contribution in [3.8, 4) is 17.2 Å². The largest absolute Gasteiger partial charge is 0.495 e. The maximum Gasteiger partial charge on any atom is 0.262 e. The lowest BCUT2D eigenvalue weighted by molar-refractivity contribution is -0.118. The molecule has 4 aromatic rings. The Labute approximate surface area is 184 Å². The molecule has 0 aliphatic heterocycles. The smallest absolute Gasteiger partial charge is 0.262 e. The molecule has 0 saturated heterocycles. The van der Waals surface area contributed by atoms with E-state index in [1.54, 1.807) is 25.3 Å². The number of methoxy groups -OCH3 is 1. The van der Waals surface area contributed by atoms with Crippen LogP contribution >= 0.6 is 11.6 Å². The first kappa shape index (κ1) is 20.7. The average molecular weight is 437 g/mol. The van der Waals surface area contributed by atoms with E-state index in [-0.39, 0.29) is 12.5 Å². The van der Waals surface area contributed by atoms with Gasteiger partial charge in [-0.1, -0.05) is 29.3 Å². The molecule has 4 rings (SSSR count). The molecular formula is C23H21ClN4O3. The molecule has 158 valence electrons. The quantitative estimate of drug-likeness (QED) is 0.473. The first-order chi connectivity index (χ1) is 14.9. The molecule has 0 aliphatic rings. The van der Waals surface area contributed by atoms with Crippen LogP contribution in [0, 0.1) is 13.8 Å². The predicted octanol–water partition coefficient (Wildman–Crippen LogP) is 4.72. The number of rotatable bonds is 6. The van der Waals surface area contributed by atoms with Crippen molar-refractivity contribution in [2.45, 2.75) is 13.8 Å². The van der Waals surface area contributed by atoms with Crippen molar-refractivity contribution in [2.24, 2.45) is 0 Å². The van der Waals surface area contributed by atoms with Crippen molar-refractivity contribution in [3.63, 3.8) is 0 Å². The van der Waals surface area contributed by atoms with E-state index in [1.165, 1.54) is 4.80 Å². The number of carbonyl (C=O) groups excluding carboxylic acids is 1. The lowest BCUT2D eigenvalue weighted by atomic mass is 10.1. The third-order valence-corrected chi connectivity index (χ3v) is 5.05. The minimum absolute atomic E-state index is 0.0857. The highest BCUT2D eigenvalue weighted by molar-refractivity contribution is 6.32. The molecule has 0 bridgehead atoms. The number of amides is 1. The summed E-state index contributed by atoms with van der Waals surface area (Å²) in [7, 11) is 1.56. The third-order valence-electron chi connectivity index (χ3n) is 4.76. The molecule has 0 saturated carbocycles. The van der Waals surface area contributed by atoms with Crippen molar-refractivity contribution >= 4 is 34.2 Å². The zero-order chi connectivity index (χ0) is 22.0. The molecule has 7 nitrogen and oxygen atoms in total. The Kier molecular flexibility index (Phi) is 5.77. The normalized spacial score (nSPS) is 10.8. The summed E-state index contributed by atoms with van der Waals surface area (Å²) in [5.41, 5.74) is 4.72. The summed E-state index contributed by atoms with van der Waals surface area (Å²) in [5.74, 6) is 0.974. The van der Waals surface area contributed by atoms with Gasteiger partial charge in [-0.25, -0.2) is 0 Å². The molecule has 1 aromatic heterocycles. The van der Waals surface area contributed by atoms with Gasteiger partial charge in [0.25, 0.3) is 5.91 Å². The summed E-state index contributed by atoms with van der Waals surface area (Å²) in [6.45, 7) is 3.81. The van der Waals surface area contributed by atoms with Gasteiger partial charge in [0, 0.05) is 5.69 Å². The van der Waals surface area contributed by atoms with Gasteiger partial charge in [-0.2, -0.15) is 4.80 Å². The monoisotopic (exact) mass is 436 g/mol. The van der Waals surface area contributed by atoms with E-state index in [0.717, 1.165) is 11.1 Å². The Balaban J connectivity index is 1.51. The fourth-order valence-electron chi connectivity index (χ4n) is 3.07. The van der Waals surface area contributed by atoms with Gasteiger partial charge in [0.05, 0.1) is 17.8 Å². The molecule has 0 aliphatic carbocycles. The van der Waals surface area contributed by atoms with Crippen molar-refractivity contribution in [2.75, 3.05) is 19.0 Å². The van der Waals surface area contributed by atoms with Crippen molar-refractivity contribution in [1.82, 2.24) is 15.0 Å². The SMILES string of the molecule is COc1ccc(-n2nc3cc(C)c(NC(=O)COc4ccc(C)cc4)cc3n2)cc1Cl. The first-order valence-corrected chi connectivity index (χ1v) is 10.0. The third kappa shape index (κ3) is 4.62. The number of nitrogens with zero attached hydrogens (tertiary/aromatic N) is 3. The Morgan fingerprint density at radius 3 is 2.42 bits per heavy atom. The van der Waals surface area contributed by atoms with Crippen molar-refractivity contribution in [3.05, 3.63) is 70.7 Å². The van der Waals surface area contributed by atoms with Gasteiger partial charge in [0.15, 0.2) is 6.61 Å². The average Bonchev–Trinajstić information content (AvgIpc) is 3.16. The van der Waals surface area contributed by atoms with E-state index in [9.17, 15) is 4.79 Å². The van der Waals surface area contributed by atoms with Crippen LogP contribution in [0.3, 0.4) is 0 Å². The van der Waals surface area contributed by atoms with Gasteiger partial charge in [-0.3, -0.25) is 4.79 Å². The van der Waals surface area contributed by atoms with E-state index in [1.807, 2.05) is 50.2 Å². The van der Waals surface area contributed by atoms with Crippen molar-refractivity contribution < 1.29 is 14.3 Å². The molecule has 8 heteroatoms. The fourth-order valence-corrected chi connectivity index (χ4v) is 3.32. The molecule has 1 heterocycles. The van der Waals surface area contributed by atoms with Gasteiger partial charge in [0.1, 0.15) is 22.5 Å². The number of carbonyl (C=O) groups is 1. The number of nitrogens with one attached hydrogen (secondary N) is 1. The topological polar surface area (TPSA) is 78.3 Å². The fraction of sp³-hybridized carbons (Fsp3) is 0.174. The standard InChI is InChI=1S/C23H21ClN4O3/c1-14-4-7-17(8-5-14)31-13-23(29)25-19-12-21-20(10-15(19)2)26-28(27-21)16-6-9-22(30-3)18(24)11-16/h4-12H,13H2,1-3H3,(H,25,29). The molecule has 0 radical (unpaired) electrons. The van der Waals surface area contributed by atoms with E-state index >= 15 is 0 Å². The lowest BCUT2D eigenvalue weighted by Crippen LogP contribution is -2.20. The summed E-state index contributed by atoms with van der Waals surface area (Å²) >= 11 is 6.21. The molecule has 0 unspecified atom stereocenters. The maximum atomic E-state index is 12.4. The second kappa shape index (κ2) is 8.65. The molecule has 0 fully saturated rings. The van der Waals surface area contributed by atoms with Crippen LogP contribution in [0.4, 0.5) is 5.69 Å². The minimum atomic E-state index is -0.252. The van der Waals surface area contributed by atoms with E-state index < -0.39 is 0 Å². The van der Waals surface area contributed by atoms with Crippen LogP contribution < -0.4 is 14.8 Å². The van der Waals surface area contributed by atoms with Crippen LogP contribution in [0.25, 0.3) is 16.7 Å². The number of aryl methyl sites for hydroxylation is 2. The van der Waals surface area contributed by atoms with Gasteiger partial charge in [-0.15, -0.1) is 10.2 Å². The first-order valence-electron chi connectivity index (χ1n) is 9.64. The molecular weight excluding hydrogens is 416 g/mol. The molecule has 1 amide bonds. The summed E-state index contributed by atoms with van der Waals surface area (Å²) in [4.78, 5) is 13.9. The van der Waals surface area contributed by atoms with Crippen LogP contribution in [-0.4, -0.2) is 34.6 Å². The van der Waals surface area contributed by atoms with Crippen LogP contribution in [0.1, 0.15) is 11.1 Å². The molecule has 0 spiro atoms. The number of anilines is 1. The Morgan fingerprint density at radius 2 is 1.74 bits per heavy atom. The molecule has 1 N–H and O–H groups in total. The Hall–Kier alpha value is -3.58. The van der Waals surface area contributed by atoms with Gasteiger partial charge >= 0.3 is 0 Å². The van der Waals surface area contributed by atoms with E-state index in [0.29, 0.717) is 38.9 Å². The van der Waals surface area contributed by atoms with Gasteiger partial charge < -0.3 is 14.8 Å². The highest BCUT2D eigenvalue weighted by Gasteiger charge is 2.12. The lowest BCUT2D eigenvalue weighted by Gasteiger charge is -2.09. The summed E-state index contributed by atoms with van der Waals surface area (Å²) < 4.78 is 10.7. The van der Waals surface area contributed by atoms with Crippen LogP contribution in [0.15, 0.2) is 54.6 Å². The highest BCUT2D eigenvalue weighted by Crippen LogP contribution is 2.27. The van der Waals surface area contributed by atoms with Crippen molar-refractivity contribution in [1.29, 1.82) is 0 Å². The predicted molar refractivity (Wildman–Crippen MR) is 120 cm³/mol. The Bertz CT molecular complexity index is 1250. The zero-order valence-electron chi connectivity index (χ0n) is 17.3. The number of aromatic nitrogens is 3. The number of hydrogen-bond donors (Lipinski definition) is 1. The number of fused-ring (bicyclic) bond motifs is 1. The summed E-state index contributed by atoms with van der Waals surface area (Å²) in [6, 6.07) is 16.5. The second-order valence-corrected chi connectivity index (χ2v) is 7.52.